The van der Waals surface area contributed by atoms with Gasteiger partial charge in [-0.15, -0.1) is 0 Å². The molecule has 0 atom stereocenters. The molecule has 68 valence electrons. The molecule has 0 radical (unpaired) electrons. The molecule has 1 aromatic carbocycles. The molecule has 0 aliphatic rings. The fraction of sp³-hybridized carbons (Fsp3) is 0. The molecular weight excluding hydrogens is 175 g/mol. The number of aromatic hydroxyl groups is 1. The molecule has 0 spiro atoms. The number of hydrogen-bond acceptors (Lipinski definition) is 2. The molecule has 3 nitrogen and oxygen atoms in total. The molecule has 13 heavy (non-hydrogen) atoms. The molecule has 0 aliphatic heterocycles. The van der Waals surface area contributed by atoms with Gasteiger partial charge in [-0.1, -0.05) is 0 Å². The van der Waals surface area contributed by atoms with Crippen molar-refractivity contribution in [2.45, 2.75) is 0 Å². The molecule has 2 N–H and O–H groups in total. The number of carbonyl (C=O) groups is 1. The molecular formula is C9H7FO3. The van der Waals surface area contributed by atoms with Gasteiger partial charge in [-0.05, 0) is 18.2 Å². The number of benzene rings is 1. The summed E-state index contributed by atoms with van der Waals surface area (Å²) in [5, 5.41) is 17.4. The second-order valence-corrected chi connectivity index (χ2v) is 2.37. The second-order valence-electron chi connectivity index (χ2n) is 2.37. The molecule has 4 heteroatoms. The Morgan fingerprint density at radius 3 is 2.69 bits per heavy atom. The molecule has 0 saturated carbocycles. The van der Waals surface area contributed by atoms with Crippen molar-refractivity contribution in [1.82, 2.24) is 0 Å². The highest BCUT2D eigenvalue weighted by Crippen LogP contribution is 2.19. The monoisotopic (exact) mass is 182 g/mol. The first-order valence-electron chi connectivity index (χ1n) is 3.49. The fourth-order valence-electron chi connectivity index (χ4n) is 0.819. The zero-order valence-electron chi connectivity index (χ0n) is 6.57. The van der Waals surface area contributed by atoms with E-state index in [9.17, 15) is 9.18 Å². The summed E-state index contributed by atoms with van der Waals surface area (Å²) in [6.45, 7) is 0. The van der Waals surface area contributed by atoms with E-state index >= 15 is 0 Å². The highest BCUT2D eigenvalue weighted by Gasteiger charge is 1.99. The van der Waals surface area contributed by atoms with E-state index in [1.165, 1.54) is 12.1 Å². The van der Waals surface area contributed by atoms with Crippen molar-refractivity contribution in [2.75, 3.05) is 0 Å². The van der Waals surface area contributed by atoms with Crippen LogP contribution in [-0.4, -0.2) is 16.2 Å². The molecule has 0 amide bonds. The lowest BCUT2D eigenvalue weighted by molar-refractivity contribution is -0.131. The van der Waals surface area contributed by atoms with Crippen LogP contribution in [0.25, 0.3) is 6.08 Å². The average molecular weight is 182 g/mol. The molecule has 0 aromatic heterocycles. The number of hydrogen-bond donors (Lipinski definition) is 2. The van der Waals surface area contributed by atoms with Crippen LogP contribution in [-0.2, 0) is 4.79 Å². The van der Waals surface area contributed by atoms with E-state index in [-0.39, 0.29) is 11.3 Å². The summed E-state index contributed by atoms with van der Waals surface area (Å²) in [5.41, 5.74) is 0.267. The van der Waals surface area contributed by atoms with Gasteiger partial charge in [0, 0.05) is 17.7 Å². The maximum Gasteiger partial charge on any atom is 0.328 e. The third-order valence-electron chi connectivity index (χ3n) is 1.40. The normalized spacial score (nSPS) is 10.5. The van der Waals surface area contributed by atoms with Gasteiger partial charge in [0.2, 0.25) is 0 Å². The van der Waals surface area contributed by atoms with E-state index in [2.05, 4.69) is 0 Å². The summed E-state index contributed by atoms with van der Waals surface area (Å²) in [6, 6.07) is 3.35. The van der Waals surface area contributed by atoms with Crippen LogP contribution in [0.5, 0.6) is 5.75 Å². The van der Waals surface area contributed by atoms with E-state index in [1.807, 2.05) is 0 Å². The van der Waals surface area contributed by atoms with Crippen molar-refractivity contribution in [3.05, 3.63) is 35.7 Å². The summed E-state index contributed by atoms with van der Waals surface area (Å²) >= 11 is 0. The van der Waals surface area contributed by atoms with Crippen molar-refractivity contribution >= 4 is 12.0 Å². The first-order chi connectivity index (χ1) is 6.09. The number of aliphatic carboxylic acids is 1. The topological polar surface area (TPSA) is 57.5 Å². The van der Waals surface area contributed by atoms with Gasteiger partial charge in [0.25, 0.3) is 0 Å². The standard InChI is InChI=1S/C9H7FO3/c10-7-3-1-6(8(11)5-7)2-4-9(12)13/h1-5,11H,(H,12,13). The van der Waals surface area contributed by atoms with E-state index < -0.39 is 11.8 Å². The van der Waals surface area contributed by atoms with Gasteiger partial charge in [0.1, 0.15) is 11.6 Å². The first kappa shape index (κ1) is 9.25. The summed E-state index contributed by atoms with van der Waals surface area (Å²) in [4.78, 5) is 10.1. The van der Waals surface area contributed by atoms with E-state index in [0.29, 0.717) is 0 Å². The lowest BCUT2D eigenvalue weighted by atomic mass is 10.2. The lowest BCUT2D eigenvalue weighted by Crippen LogP contribution is -1.86. The Kier molecular flexibility index (Phi) is 2.64. The number of halogens is 1. The molecule has 1 rings (SSSR count). The van der Waals surface area contributed by atoms with Gasteiger partial charge < -0.3 is 10.2 Å². The first-order valence-corrected chi connectivity index (χ1v) is 3.49. The second kappa shape index (κ2) is 3.71. The number of carboxylic acid groups (broad SMARTS) is 1. The minimum Gasteiger partial charge on any atom is -0.507 e. The molecule has 0 heterocycles. The number of phenolic OH excluding ortho intramolecular Hbond substituents is 1. The van der Waals surface area contributed by atoms with Gasteiger partial charge >= 0.3 is 5.97 Å². The van der Waals surface area contributed by atoms with Crippen LogP contribution < -0.4 is 0 Å². The van der Waals surface area contributed by atoms with Crippen LogP contribution in [0.4, 0.5) is 4.39 Å². The Morgan fingerprint density at radius 1 is 1.46 bits per heavy atom. The Morgan fingerprint density at radius 2 is 2.15 bits per heavy atom. The van der Waals surface area contributed by atoms with Crippen LogP contribution in [0, 0.1) is 5.82 Å². The quantitative estimate of drug-likeness (QED) is 0.683. The molecule has 0 bridgehead atoms. The molecule has 0 fully saturated rings. The largest absolute Gasteiger partial charge is 0.507 e. The smallest absolute Gasteiger partial charge is 0.328 e. The predicted octanol–water partition coefficient (Wildman–Crippen LogP) is 1.63. The zero-order chi connectivity index (χ0) is 9.84. The molecule has 0 aliphatic carbocycles. The van der Waals surface area contributed by atoms with Crippen LogP contribution >= 0.6 is 0 Å². The minimum absolute atomic E-state index is 0.267. The lowest BCUT2D eigenvalue weighted by Gasteiger charge is -1.97. The summed E-state index contributed by atoms with van der Waals surface area (Å²) in [5.74, 6) is -1.97. The van der Waals surface area contributed by atoms with E-state index in [1.54, 1.807) is 0 Å². The predicted molar refractivity (Wildman–Crippen MR) is 44.7 cm³/mol. The number of carboxylic acids is 1. The van der Waals surface area contributed by atoms with Crippen LogP contribution in [0.3, 0.4) is 0 Å². The van der Waals surface area contributed by atoms with Crippen LogP contribution in [0.1, 0.15) is 5.56 Å². The van der Waals surface area contributed by atoms with Gasteiger partial charge in [-0.25, -0.2) is 9.18 Å². The van der Waals surface area contributed by atoms with E-state index in [0.717, 1.165) is 18.2 Å². The third kappa shape index (κ3) is 2.59. The Bertz CT molecular complexity index is 358. The highest BCUT2D eigenvalue weighted by molar-refractivity contribution is 5.85. The van der Waals surface area contributed by atoms with Crippen molar-refractivity contribution < 1.29 is 19.4 Å². The fourth-order valence-corrected chi connectivity index (χ4v) is 0.819. The van der Waals surface area contributed by atoms with Gasteiger partial charge in [0.15, 0.2) is 0 Å². The maximum absolute atomic E-state index is 12.4. The van der Waals surface area contributed by atoms with Crippen LogP contribution in [0.2, 0.25) is 0 Å². The Balaban J connectivity index is 2.96. The Labute approximate surface area is 73.8 Å². The van der Waals surface area contributed by atoms with Crippen molar-refractivity contribution in [1.29, 1.82) is 0 Å². The molecule has 0 unspecified atom stereocenters. The number of phenols is 1. The molecule has 1 aromatic rings. The van der Waals surface area contributed by atoms with Crippen LogP contribution in [0.15, 0.2) is 24.3 Å². The summed E-state index contributed by atoms with van der Waals surface area (Å²) < 4.78 is 12.4. The highest BCUT2D eigenvalue weighted by atomic mass is 19.1. The average Bonchev–Trinajstić information content (AvgIpc) is 2.02. The SMILES string of the molecule is O=C(O)C=Cc1ccc(F)cc1O. The number of rotatable bonds is 2. The summed E-state index contributed by atoms with van der Waals surface area (Å²) in [6.07, 6.45) is 2.06. The van der Waals surface area contributed by atoms with E-state index in [4.69, 9.17) is 10.2 Å². The van der Waals surface area contributed by atoms with Gasteiger partial charge in [-0.2, -0.15) is 0 Å². The Hall–Kier alpha value is -1.84. The van der Waals surface area contributed by atoms with Crippen molar-refractivity contribution in [2.24, 2.45) is 0 Å². The maximum atomic E-state index is 12.4. The third-order valence-corrected chi connectivity index (χ3v) is 1.40. The minimum atomic E-state index is -1.12. The van der Waals surface area contributed by atoms with Gasteiger partial charge in [0.05, 0.1) is 0 Å². The molecule has 0 saturated heterocycles. The zero-order valence-corrected chi connectivity index (χ0v) is 6.57. The summed E-state index contributed by atoms with van der Waals surface area (Å²) in [7, 11) is 0. The van der Waals surface area contributed by atoms with Crippen molar-refractivity contribution in [3.63, 3.8) is 0 Å². The van der Waals surface area contributed by atoms with Gasteiger partial charge in [-0.3, -0.25) is 0 Å². The van der Waals surface area contributed by atoms with Crippen molar-refractivity contribution in [3.8, 4) is 5.75 Å².